The molecule has 0 aromatic heterocycles. The zero-order valence-electron chi connectivity index (χ0n) is 17.1. The van der Waals surface area contributed by atoms with E-state index in [9.17, 15) is 9.59 Å². The van der Waals surface area contributed by atoms with Gasteiger partial charge in [0.15, 0.2) is 6.61 Å². The highest BCUT2D eigenvalue weighted by Gasteiger charge is 2.14. The van der Waals surface area contributed by atoms with Crippen molar-refractivity contribution in [1.29, 1.82) is 0 Å². The molecule has 29 heavy (non-hydrogen) atoms. The lowest BCUT2D eigenvalue weighted by molar-refractivity contribution is -0.130. The molecule has 0 atom stereocenters. The highest BCUT2D eigenvalue weighted by atomic mass is 16.5. The van der Waals surface area contributed by atoms with Crippen LogP contribution in [0.5, 0.6) is 5.75 Å². The van der Waals surface area contributed by atoms with Crippen LogP contribution in [0.2, 0.25) is 0 Å². The maximum atomic E-state index is 12.7. The zero-order chi connectivity index (χ0) is 20.8. The smallest absolute Gasteiger partial charge is 0.259 e. The molecule has 1 aliphatic heterocycles. The van der Waals surface area contributed by atoms with E-state index in [2.05, 4.69) is 16.3 Å². The average molecular weight is 397 g/mol. The molecule has 0 bridgehead atoms. The molecular formula is C22H27N3O4. The molecule has 2 aromatic rings. The fourth-order valence-corrected chi connectivity index (χ4v) is 3.00. The average Bonchev–Trinajstić information content (AvgIpc) is 2.74. The van der Waals surface area contributed by atoms with Gasteiger partial charge in [-0.05, 0) is 48.9 Å². The zero-order valence-corrected chi connectivity index (χ0v) is 17.1. The van der Waals surface area contributed by atoms with Crippen molar-refractivity contribution in [2.75, 3.05) is 57.2 Å². The molecule has 0 unspecified atom stereocenters. The lowest BCUT2D eigenvalue weighted by atomic mass is 10.1. The quantitative estimate of drug-likeness (QED) is 0.811. The minimum atomic E-state index is -0.225. The normalized spacial score (nSPS) is 13.7. The number of morpholine rings is 1. The minimum absolute atomic E-state index is 0.0693. The van der Waals surface area contributed by atoms with Gasteiger partial charge in [-0.1, -0.05) is 6.07 Å². The highest BCUT2D eigenvalue weighted by molar-refractivity contribution is 6.05. The monoisotopic (exact) mass is 397 g/mol. The Kier molecular flexibility index (Phi) is 6.72. The third-order valence-corrected chi connectivity index (χ3v) is 4.79. The first-order valence-corrected chi connectivity index (χ1v) is 9.62. The summed E-state index contributed by atoms with van der Waals surface area (Å²) in [5.41, 5.74) is 3.36. The van der Waals surface area contributed by atoms with Crippen molar-refractivity contribution in [2.45, 2.75) is 6.92 Å². The first-order chi connectivity index (χ1) is 13.9. The van der Waals surface area contributed by atoms with Crippen LogP contribution in [0.25, 0.3) is 0 Å². The number of likely N-dealkylation sites (N-methyl/N-ethyl adjacent to an activating group) is 1. The molecule has 0 saturated carbocycles. The van der Waals surface area contributed by atoms with E-state index in [0.717, 1.165) is 43.2 Å². The molecule has 1 fully saturated rings. The number of nitrogens with zero attached hydrogens (tertiary/aromatic N) is 2. The topological polar surface area (TPSA) is 71.1 Å². The number of anilines is 2. The number of amides is 2. The molecule has 0 spiro atoms. The fourth-order valence-electron chi connectivity index (χ4n) is 3.00. The molecule has 7 heteroatoms. The second kappa shape index (κ2) is 9.43. The van der Waals surface area contributed by atoms with Crippen LogP contribution in [0.3, 0.4) is 0 Å². The highest BCUT2D eigenvalue weighted by Crippen LogP contribution is 2.24. The molecule has 1 heterocycles. The molecule has 2 aromatic carbocycles. The standard InChI is InChI=1S/C22H27N3O4/c1-16-13-18(25-9-11-28-12-10-25)7-8-20(16)23-22(27)17-5-4-6-19(14-17)29-15-21(26)24(2)3/h4-8,13-14H,9-12,15H2,1-3H3,(H,23,27). The Balaban J connectivity index is 1.65. The van der Waals surface area contributed by atoms with E-state index in [1.807, 2.05) is 19.1 Å². The van der Waals surface area contributed by atoms with Crippen LogP contribution < -0.4 is 15.0 Å². The van der Waals surface area contributed by atoms with Crippen LogP contribution in [-0.4, -0.2) is 63.7 Å². The van der Waals surface area contributed by atoms with Crippen LogP contribution in [-0.2, 0) is 9.53 Å². The van der Waals surface area contributed by atoms with Crippen LogP contribution in [0, 0.1) is 6.92 Å². The van der Waals surface area contributed by atoms with Crippen molar-refractivity contribution < 1.29 is 19.1 Å². The van der Waals surface area contributed by atoms with E-state index >= 15 is 0 Å². The Morgan fingerprint density at radius 1 is 1.14 bits per heavy atom. The van der Waals surface area contributed by atoms with Crippen LogP contribution in [0.1, 0.15) is 15.9 Å². The number of aryl methyl sites for hydroxylation is 1. The predicted molar refractivity (Wildman–Crippen MR) is 113 cm³/mol. The summed E-state index contributed by atoms with van der Waals surface area (Å²) in [6, 6.07) is 12.8. The Bertz CT molecular complexity index is 876. The largest absolute Gasteiger partial charge is 0.484 e. The molecule has 7 nitrogen and oxygen atoms in total. The Labute approximate surface area is 171 Å². The Morgan fingerprint density at radius 2 is 1.90 bits per heavy atom. The number of carbonyl (C=O) groups excluding carboxylic acids is 2. The van der Waals surface area contributed by atoms with Gasteiger partial charge in [0.2, 0.25) is 0 Å². The number of nitrogens with one attached hydrogen (secondary N) is 1. The third-order valence-electron chi connectivity index (χ3n) is 4.79. The molecule has 1 aliphatic rings. The molecule has 3 rings (SSSR count). The summed E-state index contributed by atoms with van der Waals surface area (Å²) in [4.78, 5) is 28.1. The summed E-state index contributed by atoms with van der Waals surface area (Å²) >= 11 is 0. The van der Waals surface area contributed by atoms with Crippen molar-refractivity contribution in [3.05, 3.63) is 53.6 Å². The van der Waals surface area contributed by atoms with Crippen molar-refractivity contribution in [3.63, 3.8) is 0 Å². The maximum Gasteiger partial charge on any atom is 0.259 e. The van der Waals surface area contributed by atoms with Gasteiger partial charge in [0, 0.05) is 44.1 Å². The third kappa shape index (κ3) is 5.48. The van der Waals surface area contributed by atoms with Gasteiger partial charge >= 0.3 is 0 Å². The van der Waals surface area contributed by atoms with Crippen LogP contribution in [0.4, 0.5) is 11.4 Å². The van der Waals surface area contributed by atoms with E-state index in [1.165, 1.54) is 4.90 Å². The van der Waals surface area contributed by atoms with Crippen LogP contribution >= 0.6 is 0 Å². The number of hydrogen-bond acceptors (Lipinski definition) is 5. The van der Waals surface area contributed by atoms with E-state index in [0.29, 0.717) is 11.3 Å². The van der Waals surface area contributed by atoms with E-state index in [4.69, 9.17) is 9.47 Å². The first kappa shape index (κ1) is 20.7. The molecule has 1 saturated heterocycles. The van der Waals surface area contributed by atoms with Gasteiger partial charge in [0.25, 0.3) is 11.8 Å². The SMILES string of the molecule is Cc1cc(N2CCOCC2)ccc1NC(=O)c1cccc(OCC(=O)N(C)C)c1. The van der Waals surface area contributed by atoms with Gasteiger partial charge in [0.1, 0.15) is 5.75 Å². The number of benzene rings is 2. The van der Waals surface area contributed by atoms with Crippen molar-refractivity contribution >= 4 is 23.2 Å². The second-order valence-corrected chi connectivity index (χ2v) is 7.16. The predicted octanol–water partition coefficient (Wildman–Crippen LogP) is 2.55. The van der Waals surface area contributed by atoms with Gasteiger partial charge in [-0.2, -0.15) is 0 Å². The van der Waals surface area contributed by atoms with Gasteiger partial charge < -0.3 is 24.6 Å². The lowest BCUT2D eigenvalue weighted by Gasteiger charge is -2.29. The van der Waals surface area contributed by atoms with E-state index in [-0.39, 0.29) is 18.4 Å². The lowest BCUT2D eigenvalue weighted by Crippen LogP contribution is -2.36. The Morgan fingerprint density at radius 3 is 2.59 bits per heavy atom. The maximum absolute atomic E-state index is 12.7. The van der Waals surface area contributed by atoms with Crippen molar-refractivity contribution in [1.82, 2.24) is 4.90 Å². The fraction of sp³-hybridized carbons (Fsp3) is 0.364. The molecule has 154 valence electrons. The summed E-state index contributed by atoms with van der Waals surface area (Å²) in [7, 11) is 3.34. The molecule has 2 amide bonds. The summed E-state index contributed by atoms with van der Waals surface area (Å²) in [5.74, 6) is 0.111. The number of ether oxygens (including phenoxy) is 2. The van der Waals surface area contributed by atoms with Gasteiger partial charge in [0.05, 0.1) is 13.2 Å². The van der Waals surface area contributed by atoms with E-state index < -0.39 is 0 Å². The number of hydrogen-bond donors (Lipinski definition) is 1. The van der Waals surface area contributed by atoms with E-state index in [1.54, 1.807) is 38.4 Å². The van der Waals surface area contributed by atoms with Crippen LogP contribution in [0.15, 0.2) is 42.5 Å². The molecular weight excluding hydrogens is 370 g/mol. The summed E-state index contributed by atoms with van der Waals surface area (Å²) in [6.45, 7) is 5.11. The Hall–Kier alpha value is -3.06. The number of carbonyl (C=O) groups is 2. The minimum Gasteiger partial charge on any atom is -0.484 e. The molecule has 0 aliphatic carbocycles. The van der Waals surface area contributed by atoms with Gasteiger partial charge in [-0.25, -0.2) is 0 Å². The number of rotatable bonds is 6. The van der Waals surface area contributed by atoms with Crippen molar-refractivity contribution in [2.24, 2.45) is 0 Å². The summed E-state index contributed by atoms with van der Waals surface area (Å²) in [6.07, 6.45) is 0. The second-order valence-electron chi connectivity index (χ2n) is 7.16. The summed E-state index contributed by atoms with van der Waals surface area (Å²) in [5, 5.41) is 2.95. The molecule has 1 N–H and O–H groups in total. The first-order valence-electron chi connectivity index (χ1n) is 9.62. The van der Waals surface area contributed by atoms with Gasteiger partial charge in [-0.3, -0.25) is 9.59 Å². The summed E-state index contributed by atoms with van der Waals surface area (Å²) < 4.78 is 10.9. The van der Waals surface area contributed by atoms with Gasteiger partial charge in [-0.15, -0.1) is 0 Å². The van der Waals surface area contributed by atoms with Crippen molar-refractivity contribution in [3.8, 4) is 5.75 Å². The molecule has 0 radical (unpaired) electrons.